The minimum absolute atomic E-state index is 0.0450. The molecule has 2 unspecified atom stereocenters. The van der Waals surface area contributed by atoms with Crippen molar-refractivity contribution in [3.8, 4) is 0 Å². The number of allylic oxidation sites excluding steroid dienone is 2. The lowest BCUT2D eigenvalue weighted by Crippen LogP contribution is -2.23. The predicted molar refractivity (Wildman–Crippen MR) is 41.2 cm³/mol. The Kier molecular flexibility index (Phi) is 1.04. The highest BCUT2D eigenvalue weighted by molar-refractivity contribution is 8.03. The van der Waals surface area contributed by atoms with E-state index in [1.165, 1.54) is 4.91 Å². The molecule has 0 spiro atoms. The van der Waals surface area contributed by atoms with Crippen molar-refractivity contribution in [1.29, 1.82) is 0 Å². The molecular formula is C7H9NS. The van der Waals surface area contributed by atoms with Gasteiger partial charge in [0.15, 0.2) is 0 Å². The van der Waals surface area contributed by atoms with Gasteiger partial charge in [0.1, 0.15) is 0 Å². The van der Waals surface area contributed by atoms with Crippen LogP contribution in [0.2, 0.25) is 0 Å². The van der Waals surface area contributed by atoms with Gasteiger partial charge in [-0.25, -0.2) is 0 Å². The van der Waals surface area contributed by atoms with Crippen LogP contribution in [0.1, 0.15) is 7.79 Å². The van der Waals surface area contributed by atoms with Crippen molar-refractivity contribution >= 4 is 11.8 Å². The summed E-state index contributed by atoms with van der Waals surface area (Å²) in [5, 5.41) is 3.22. The van der Waals surface area contributed by atoms with Crippen molar-refractivity contribution in [2.24, 2.45) is 0 Å². The molecule has 2 rings (SSSR count). The molecule has 1 nitrogen and oxygen atoms in total. The second-order valence-corrected chi connectivity index (χ2v) is 3.21. The van der Waals surface area contributed by atoms with Crippen LogP contribution in [0, 0.1) is 0 Å². The van der Waals surface area contributed by atoms with Gasteiger partial charge < -0.3 is 5.32 Å². The molecule has 2 heterocycles. The van der Waals surface area contributed by atoms with E-state index in [1.54, 1.807) is 11.8 Å². The van der Waals surface area contributed by atoms with Gasteiger partial charge in [0.2, 0.25) is 0 Å². The SMILES string of the molecule is [2H]C1CC2NC=CC=C2S1. The summed E-state index contributed by atoms with van der Waals surface area (Å²) in [6.45, 7) is 0. The maximum atomic E-state index is 7.48. The molecule has 0 aliphatic carbocycles. The average Bonchev–Trinajstić information content (AvgIpc) is 2.27. The Labute approximate surface area is 60.6 Å². The van der Waals surface area contributed by atoms with Crippen molar-refractivity contribution in [2.45, 2.75) is 12.5 Å². The largest absolute Gasteiger partial charge is 0.384 e. The molecule has 0 aromatic heterocycles. The Bertz CT molecular complexity index is 200. The van der Waals surface area contributed by atoms with Gasteiger partial charge in [-0.3, -0.25) is 0 Å². The van der Waals surface area contributed by atoms with Crippen LogP contribution in [0.25, 0.3) is 0 Å². The van der Waals surface area contributed by atoms with E-state index in [1.807, 2.05) is 12.3 Å². The van der Waals surface area contributed by atoms with Gasteiger partial charge in [0.25, 0.3) is 0 Å². The van der Waals surface area contributed by atoms with Crippen LogP contribution < -0.4 is 5.32 Å². The highest BCUT2D eigenvalue weighted by Gasteiger charge is 2.20. The smallest absolute Gasteiger partial charge is 0.0575 e. The van der Waals surface area contributed by atoms with Crippen molar-refractivity contribution in [2.75, 3.05) is 5.73 Å². The summed E-state index contributed by atoms with van der Waals surface area (Å²) in [5.74, 6) is 0. The number of rotatable bonds is 0. The van der Waals surface area contributed by atoms with Crippen LogP contribution in [-0.2, 0) is 0 Å². The van der Waals surface area contributed by atoms with Gasteiger partial charge in [-0.2, -0.15) is 0 Å². The maximum Gasteiger partial charge on any atom is 0.0575 e. The fourth-order valence-electron chi connectivity index (χ4n) is 1.06. The molecule has 0 saturated carbocycles. The molecule has 0 amide bonds. The first-order chi connectivity index (χ1) is 4.86. The van der Waals surface area contributed by atoms with E-state index in [-0.39, 0.29) is 5.73 Å². The van der Waals surface area contributed by atoms with Crippen molar-refractivity contribution in [3.05, 3.63) is 23.3 Å². The highest BCUT2D eigenvalue weighted by atomic mass is 32.2. The first-order valence-corrected chi connectivity index (χ1v) is 3.96. The summed E-state index contributed by atoms with van der Waals surface area (Å²) in [6.07, 6.45) is 6.99. The second kappa shape index (κ2) is 2.10. The number of hydrogen-bond acceptors (Lipinski definition) is 2. The topological polar surface area (TPSA) is 12.0 Å². The first-order valence-electron chi connectivity index (χ1n) is 3.66. The van der Waals surface area contributed by atoms with Crippen LogP contribution in [-0.4, -0.2) is 11.8 Å². The average molecular weight is 140 g/mol. The number of hydrogen-bond donors (Lipinski definition) is 1. The quantitative estimate of drug-likeness (QED) is 0.547. The fourth-order valence-corrected chi connectivity index (χ4v) is 2.03. The lowest BCUT2D eigenvalue weighted by Gasteiger charge is -2.13. The second-order valence-electron chi connectivity index (χ2n) is 2.17. The predicted octanol–water partition coefficient (Wildman–Crippen LogP) is 1.49. The van der Waals surface area contributed by atoms with Gasteiger partial charge in [0, 0.05) is 12.0 Å². The normalized spacial score (nSPS) is 40.9. The molecule has 0 aromatic carbocycles. The van der Waals surface area contributed by atoms with Crippen LogP contribution in [0.3, 0.4) is 0 Å². The van der Waals surface area contributed by atoms with Gasteiger partial charge >= 0.3 is 0 Å². The zero-order valence-electron chi connectivity index (χ0n) is 6.00. The van der Waals surface area contributed by atoms with Crippen molar-refractivity contribution in [1.82, 2.24) is 5.32 Å². The number of fused-ring (bicyclic) bond motifs is 1. The Hall–Kier alpha value is -0.370. The van der Waals surface area contributed by atoms with Crippen LogP contribution in [0.15, 0.2) is 23.3 Å². The maximum absolute atomic E-state index is 7.48. The summed E-state index contributed by atoms with van der Waals surface area (Å²) < 4.78 is 7.48. The molecule has 1 saturated heterocycles. The molecule has 0 radical (unpaired) electrons. The summed E-state index contributed by atoms with van der Waals surface area (Å²) in [7, 11) is 0. The van der Waals surface area contributed by atoms with E-state index >= 15 is 0 Å². The molecule has 2 aliphatic rings. The van der Waals surface area contributed by atoms with E-state index in [0.717, 1.165) is 6.42 Å². The summed E-state index contributed by atoms with van der Waals surface area (Å²) in [4.78, 5) is 1.32. The fraction of sp³-hybridized carbons (Fsp3) is 0.429. The van der Waals surface area contributed by atoms with E-state index in [9.17, 15) is 0 Å². The Morgan fingerprint density at radius 2 is 2.89 bits per heavy atom. The van der Waals surface area contributed by atoms with Crippen molar-refractivity contribution in [3.63, 3.8) is 0 Å². The Morgan fingerprint density at radius 3 is 3.78 bits per heavy atom. The monoisotopic (exact) mass is 140 g/mol. The standard InChI is InChI=1S/C7H9NS/c1-2-7-6(8-4-1)3-5-9-7/h1-2,4,6,8H,3,5H2/i5D. The third-order valence-electron chi connectivity index (χ3n) is 1.55. The lowest BCUT2D eigenvalue weighted by atomic mass is 10.2. The molecule has 2 atom stereocenters. The lowest BCUT2D eigenvalue weighted by molar-refractivity contribution is 0.684. The summed E-state index contributed by atoms with van der Waals surface area (Å²) in [5.41, 5.74) is 0.0450. The molecular weight excluding hydrogens is 130 g/mol. The molecule has 48 valence electrons. The van der Waals surface area contributed by atoms with E-state index in [2.05, 4.69) is 11.4 Å². The summed E-state index contributed by atoms with van der Waals surface area (Å²) >= 11 is 1.66. The van der Waals surface area contributed by atoms with Gasteiger partial charge in [-0.05, 0) is 24.8 Å². The summed E-state index contributed by atoms with van der Waals surface area (Å²) in [6, 6.07) is 0.442. The van der Waals surface area contributed by atoms with Gasteiger partial charge in [0.05, 0.1) is 6.04 Å². The first kappa shape index (κ1) is 4.45. The van der Waals surface area contributed by atoms with Crippen LogP contribution in [0.5, 0.6) is 0 Å². The number of thioether (sulfide) groups is 1. The van der Waals surface area contributed by atoms with E-state index < -0.39 is 0 Å². The molecule has 1 fully saturated rings. The number of dihydropyridines is 1. The van der Waals surface area contributed by atoms with Gasteiger partial charge in [-0.15, -0.1) is 11.8 Å². The van der Waals surface area contributed by atoms with Crippen molar-refractivity contribution < 1.29 is 1.37 Å². The molecule has 2 heteroatoms. The third-order valence-corrected chi connectivity index (χ3v) is 2.60. The van der Waals surface area contributed by atoms with E-state index in [0.29, 0.717) is 6.04 Å². The van der Waals surface area contributed by atoms with Crippen LogP contribution in [0.4, 0.5) is 0 Å². The molecule has 0 bridgehead atoms. The minimum atomic E-state index is 0.0450. The highest BCUT2D eigenvalue weighted by Crippen LogP contribution is 2.31. The molecule has 9 heavy (non-hydrogen) atoms. The number of nitrogens with one attached hydrogen (secondary N) is 1. The third kappa shape index (κ3) is 0.874. The minimum Gasteiger partial charge on any atom is -0.384 e. The zero-order valence-corrected chi connectivity index (χ0v) is 5.82. The Balaban J connectivity index is 2.18. The van der Waals surface area contributed by atoms with E-state index in [4.69, 9.17) is 1.37 Å². The molecule has 0 aromatic rings. The zero-order chi connectivity index (χ0) is 6.97. The van der Waals surface area contributed by atoms with Crippen LogP contribution >= 0.6 is 11.8 Å². The molecule has 1 N–H and O–H groups in total. The Morgan fingerprint density at radius 1 is 1.89 bits per heavy atom. The molecule has 2 aliphatic heterocycles. The van der Waals surface area contributed by atoms with Gasteiger partial charge in [-0.1, -0.05) is 0 Å².